The zero-order valence-electron chi connectivity index (χ0n) is 14.0. The Kier molecular flexibility index (Phi) is 6.84. The van der Waals surface area contributed by atoms with Crippen molar-refractivity contribution in [3.8, 4) is 0 Å². The van der Waals surface area contributed by atoms with E-state index in [1.165, 1.54) is 6.33 Å². The normalized spacial score (nSPS) is 17.5. The van der Waals surface area contributed by atoms with E-state index in [-0.39, 0.29) is 6.54 Å². The van der Waals surface area contributed by atoms with Crippen LogP contribution in [0.5, 0.6) is 0 Å². The van der Waals surface area contributed by atoms with Gasteiger partial charge in [-0.25, -0.2) is 4.98 Å². The van der Waals surface area contributed by atoms with Crippen LogP contribution in [0.15, 0.2) is 30.6 Å². The van der Waals surface area contributed by atoms with Gasteiger partial charge in [-0.3, -0.25) is 14.0 Å². The van der Waals surface area contributed by atoms with Crippen molar-refractivity contribution in [1.82, 2.24) is 14.8 Å². The van der Waals surface area contributed by atoms with Crippen molar-refractivity contribution < 1.29 is 9.32 Å². The van der Waals surface area contributed by atoms with Gasteiger partial charge in [0.1, 0.15) is 11.9 Å². The predicted octanol–water partition coefficient (Wildman–Crippen LogP) is 3.33. The Morgan fingerprint density at radius 2 is 2.04 bits per heavy atom. The smallest absolute Gasteiger partial charge is 0.215 e. The molecule has 0 amide bonds. The Morgan fingerprint density at radius 3 is 2.52 bits per heavy atom. The van der Waals surface area contributed by atoms with Crippen LogP contribution in [0.3, 0.4) is 0 Å². The second-order valence-electron chi connectivity index (χ2n) is 6.26. The molecule has 1 aliphatic carbocycles. The molecule has 1 heterocycles. The van der Waals surface area contributed by atoms with E-state index in [2.05, 4.69) is 10.1 Å². The molecule has 2 aromatic rings. The molecule has 1 aromatic carbocycles. The van der Waals surface area contributed by atoms with E-state index in [0.29, 0.717) is 16.2 Å². The molecule has 0 saturated heterocycles. The van der Waals surface area contributed by atoms with Gasteiger partial charge < -0.3 is 5.11 Å². The van der Waals surface area contributed by atoms with Gasteiger partial charge in [-0.05, 0) is 36.7 Å². The van der Waals surface area contributed by atoms with Crippen molar-refractivity contribution in [3.63, 3.8) is 0 Å². The number of aliphatic hydroxyl groups is 1. The van der Waals surface area contributed by atoms with E-state index < -0.39 is 21.3 Å². The van der Waals surface area contributed by atoms with Crippen LogP contribution in [-0.4, -0.2) is 47.1 Å². The predicted molar refractivity (Wildman–Crippen MR) is 105 cm³/mol. The number of rotatable bonds is 5. The first-order valence-corrected chi connectivity index (χ1v) is 10.8. The third kappa shape index (κ3) is 5.37. The highest BCUT2D eigenvalue weighted by Crippen LogP contribution is 2.53. The van der Waals surface area contributed by atoms with Gasteiger partial charge in [-0.2, -0.15) is 0 Å². The van der Waals surface area contributed by atoms with Crippen LogP contribution < -0.4 is 0 Å². The molecule has 0 radical (unpaired) electrons. The van der Waals surface area contributed by atoms with E-state index >= 15 is 0 Å². The summed E-state index contributed by atoms with van der Waals surface area (Å²) < 4.78 is 11.6. The van der Waals surface area contributed by atoms with Crippen LogP contribution in [0.25, 0.3) is 0 Å². The summed E-state index contributed by atoms with van der Waals surface area (Å²) in [5.41, 5.74) is -0.260. The van der Waals surface area contributed by atoms with Gasteiger partial charge in [0, 0.05) is 34.8 Å². The van der Waals surface area contributed by atoms with Gasteiger partial charge in [-0.1, -0.05) is 29.8 Å². The zero-order chi connectivity index (χ0) is 18.7. The molecule has 1 fully saturated rings. The molecule has 1 aromatic heterocycles. The van der Waals surface area contributed by atoms with Crippen LogP contribution in [0.2, 0.25) is 5.02 Å². The van der Waals surface area contributed by atoms with Gasteiger partial charge in [0.05, 0.1) is 11.4 Å². The Balaban J connectivity index is 0.000000511. The molecular weight excluding hydrogens is 401 g/mol. The van der Waals surface area contributed by atoms with Crippen molar-refractivity contribution in [2.24, 2.45) is 0 Å². The van der Waals surface area contributed by atoms with Crippen molar-refractivity contribution in [2.75, 3.05) is 12.5 Å². The number of hydrogen-bond acceptors (Lipinski definition) is 4. The lowest BCUT2D eigenvalue weighted by molar-refractivity contribution is 0.00728. The molecule has 5 nitrogen and oxygen atoms in total. The largest absolute Gasteiger partial charge is 0.386 e. The van der Waals surface area contributed by atoms with E-state index in [1.54, 1.807) is 17.2 Å². The minimum absolute atomic E-state index is 0.264. The maximum Gasteiger partial charge on any atom is 0.215 e. The first-order valence-electron chi connectivity index (χ1n) is 7.67. The third-order valence-corrected chi connectivity index (χ3v) is 5.43. The molecule has 2 N–H and O–H groups in total. The number of halogens is 2. The highest BCUT2D eigenvalue weighted by atomic mass is 35.5. The summed E-state index contributed by atoms with van der Waals surface area (Å²) in [5, 5.41) is 14.7. The second-order valence-corrected chi connectivity index (χ2v) is 9.24. The topological polar surface area (TPSA) is 70.9 Å². The molecule has 1 aliphatic rings. The lowest BCUT2D eigenvalue weighted by Crippen LogP contribution is -2.47. The number of aromatic nitrogens is 3. The Labute approximate surface area is 164 Å². The average Bonchev–Trinajstić information content (AvgIpc) is 3.16. The number of alkyl halides is 1. The molecule has 25 heavy (non-hydrogen) atoms. The molecule has 0 bridgehead atoms. The Bertz CT molecular complexity index is 800. The monoisotopic (exact) mass is 421 g/mol. The lowest BCUT2D eigenvalue weighted by Gasteiger charge is -2.33. The molecule has 1 saturated carbocycles. The van der Waals surface area contributed by atoms with Crippen molar-refractivity contribution >= 4 is 46.2 Å². The molecule has 1 atom stereocenters. The fourth-order valence-electron chi connectivity index (χ4n) is 2.54. The van der Waals surface area contributed by atoms with E-state index in [1.807, 2.05) is 24.3 Å². The summed E-state index contributed by atoms with van der Waals surface area (Å²) in [4.78, 5) is 3.34. The number of nitrogens with one attached hydrogen (secondary N) is 1. The zero-order valence-corrected chi connectivity index (χ0v) is 17.2. The minimum Gasteiger partial charge on any atom is -0.386 e. The summed E-state index contributed by atoms with van der Waals surface area (Å²) in [7, 11) is -0.611. The van der Waals surface area contributed by atoms with Crippen LogP contribution in [0, 0.1) is 4.77 Å². The lowest BCUT2D eigenvalue weighted by atomic mass is 9.89. The second kappa shape index (κ2) is 8.31. The van der Waals surface area contributed by atoms with Crippen LogP contribution in [0.1, 0.15) is 18.4 Å². The maximum absolute atomic E-state index is 11.2. The number of H-pyrrole nitrogens is 1. The molecule has 0 aliphatic heterocycles. The molecule has 0 spiro atoms. The summed E-state index contributed by atoms with van der Waals surface area (Å²) in [6.45, 7) is 0.264. The van der Waals surface area contributed by atoms with Crippen molar-refractivity contribution in [2.45, 2.75) is 36.3 Å². The van der Waals surface area contributed by atoms with Gasteiger partial charge in [0.2, 0.25) is 4.77 Å². The van der Waals surface area contributed by atoms with Gasteiger partial charge in [0.15, 0.2) is 0 Å². The summed E-state index contributed by atoms with van der Waals surface area (Å²) >= 11 is 17.9. The molecular formula is C16H21Cl2N3O2S2. The quantitative estimate of drug-likeness (QED) is 0.573. The highest BCUT2D eigenvalue weighted by Gasteiger charge is 2.58. The van der Waals surface area contributed by atoms with E-state index in [4.69, 9.17) is 35.4 Å². The molecule has 9 heteroatoms. The first-order chi connectivity index (χ1) is 11.7. The molecule has 3 rings (SSSR count). The maximum atomic E-state index is 11.2. The van der Waals surface area contributed by atoms with E-state index in [9.17, 15) is 9.32 Å². The van der Waals surface area contributed by atoms with Crippen LogP contribution in [0.4, 0.5) is 0 Å². The molecule has 138 valence electrons. The number of benzene rings is 1. The standard InChI is InChI=1S/C14H15Cl2N3OS.C2H6OS/c15-11-4-2-1-3-10(11)7-14(20,13(16)5-6-13)8-19-12(21)17-9-18-19;1-4(2)3/h1-4,9,20H,5-8H2,(H,17,18,21);1-2H3. The van der Waals surface area contributed by atoms with Crippen molar-refractivity contribution in [1.29, 1.82) is 0 Å². The summed E-state index contributed by atoms with van der Waals surface area (Å²) in [6, 6.07) is 7.48. The SMILES string of the molecule is CS(C)=O.OC(Cc1ccccc1Cl)(Cn1[nH]cnc1=S)C1(Cl)CC1. The first kappa shape index (κ1) is 20.6. The summed E-state index contributed by atoms with van der Waals surface area (Å²) in [6.07, 6.45) is 6.71. The summed E-state index contributed by atoms with van der Waals surface area (Å²) in [5.74, 6) is 0. The Morgan fingerprint density at radius 1 is 1.44 bits per heavy atom. The van der Waals surface area contributed by atoms with Crippen molar-refractivity contribution in [3.05, 3.63) is 45.9 Å². The van der Waals surface area contributed by atoms with Gasteiger partial charge >= 0.3 is 0 Å². The van der Waals surface area contributed by atoms with Crippen LogP contribution in [-0.2, 0) is 23.8 Å². The van der Waals surface area contributed by atoms with Gasteiger partial charge in [0.25, 0.3) is 0 Å². The minimum atomic E-state index is -1.13. The fourth-order valence-corrected chi connectivity index (χ4v) is 3.14. The third-order valence-electron chi connectivity index (χ3n) is 4.00. The number of aromatic amines is 1. The fraction of sp³-hybridized carbons (Fsp3) is 0.500. The van der Waals surface area contributed by atoms with E-state index in [0.717, 1.165) is 18.4 Å². The number of nitrogens with zero attached hydrogens (tertiary/aromatic N) is 2. The Hall–Kier alpha value is -0.730. The molecule has 1 unspecified atom stereocenters. The van der Waals surface area contributed by atoms with Crippen LogP contribution >= 0.6 is 35.4 Å². The average molecular weight is 422 g/mol. The van der Waals surface area contributed by atoms with Gasteiger partial charge in [-0.15, -0.1) is 11.6 Å². The number of hydrogen-bond donors (Lipinski definition) is 2. The highest BCUT2D eigenvalue weighted by molar-refractivity contribution is 7.83.